The monoisotopic (exact) mass is 422 g/mol. The lowest BCUT2D eigenvalue weighted by Crippen LogP contribution is -2.57. The van der Waals surface area contributed by atoms with Gasteiger partial charge in [0.25, 0.3) is 0 Å². The fourth-order valence-corrected chi connectivity index (χ4v) is 4.03. The van der Waals surface area contributed by atoms with E-state index in [9.17, 15) is 9.59 Å². The average Bonchev–Trinajstić information content (AvgIpc) is 3.38. The number of rotatable bonds is 4. The van der Waals surface area contributed by atoms with Crippen molar-refractivity contribution in [2.45, 2.75) is 12.1 Å². The molecule has 31 heavy (non-hydrogen) atoms. The predicted molar refractivity (Wildman–Crippen MR) is 113 cm³/mol. The Balaban J connectivity index is 1.38. The van der Waals surface area contributed by atoms with Crippen LogP contribution in [0.5, 0.6) is 0 Å². The molecule has 1 amide bonds. The number of hydrogen-bond acceptors (Lipinski definition) is 8. The van der Waals surface area contributed by atoms with Gasteiger partial charge in [0.2, 0.25) is 0 Å². The second-order valence-corrected chi connectivity index (χ2v) is 7.47. The summed E-state index contributed by atoms with van der Waals surface area (Å²) in [6.07, 6.45) is 5.43. The molecule has 1 fully saturated rings. The van der Waals surface area contributed by atoms with Gasteiger partial charge in [0.15, 0.2) is 0 Å². The van der Waals surface area contributed by atoms with E-state index in [0.717, 1.165) is 31.7 Å². The molecule has 0 aliphatic carbocycles. The Morgan fingerprint density at radius 1 is 1.19 bits per heavy atom. The van der Waals surface area contributed by atoms with E-state index in [1.807, 2.05) is 24.3 Å². The summed E-state index contributed by atoms with van der Waals surface area (Å²) in [5.74, 6) is -0.726. The lowest BCUT2D eigenvalue weighted by atomic mass is 10.0. The molecule has 0 saturated carbocycles. The van der Waals surface area contributed by atoms with E-state index in [4.69, 9.17) is 4.42 Å². The largest absolute Gasteiger partial charge is 0.398 e. The third-order valence-electron chi connectivity index (χ3n) is 5.62. The van der Waals surface area contributed by atoms with E-state index in [2.05, 4.69) is 30.7 Å². The number of carbonyl (C=O) groups excluding carboxylic acids is 1. The van der Waals surface area contributed by atoms with Crippen molar-refractivity contribution in [1.82, 2.24) is 34.9 Å². The van der Waals surface area contributed by atoms with Crippen LogP contribution < -0.4 is 16.3 Å². The molecule has 3 aromatic rings. The Morgan fingerprint density at radius 2 is 1.97 bits per heavy atom. The van der Waals surface area contributed by atoms with Gasteiger partial charge in [0.1, 0.15) is 0 Å². The number of aromatic nitrogens is 4. The normalized spacial score (nSPS) is 21.6. The number of aryl methyl sites for hydroxylation is 1. The number of benzene rings is 1. The fourth-order valence-electron chi connectivity index (χ4n) is 4.03. The number of aliphatic imine (C=N–C) groups is 1. The second-order valence-electron chi connectivity index (χ2n) is 7.47. The molecule has 0 spiro atoms. The molecule has 2 unspecified atom stereocenters. The van der Waals surface area contributed by atoms with Gasteiger partial charge in [0.05, 0.1) is 23.1 Å². The van der Waals surface area contributed by atoms with Gasteiger partial charge >= 0.3 is 23.5 Å². The molecule has 2 aromatic heterocycles. The van der Waals surface area contributed by atoms with Gasteiger partial charge in [-0.3, -0.25) is 19.3 Å². The first kappa shape index (κ1) is 19.4. The number of piperazine rings is 1. The minimum absolute atomic E-state index is 0.00775. The van der Waals surface area contributed by atoms with Crippen molar-refractivity contribution >= 4 is 23.2 Å². The summed E-state index contributed by atoms with van der Waals surface area (Å²) in [4.78, 5) is 32.0. The third-order valence-corrected chi connectivity index (χ3v) is 5.62. The molecule has 160 valence electrons. The first-order chi connectivity index (χ1) is 15.1. The van der Waals surface area contributed by atoms with Crippen molar-refractivity contribution < 1.29 is 9.21 Å². The van der Waals surface area contributed by atoms with E-state index in [1.54, 1.807) is 25.5 Å². The van der Waals surface area contributed by atoms with Crippen molar-refractivity contribution in [1.29, 1.82) is 0 Å². The van der Waals surface area contributed by atoms with Crippen LogP contribution in [-0.2, 0) is 7.05 Å². The minimum atomic E-state index is -0.515. The highest BCUT2D eigenvalue weighted by Crippen LogP contribution is 2.16. The number of fused-ring (bicyclic) bond motifs is 1. The van der Waals surface area contributed by atoms with Gasteiger partial charge in [-0.25, -0.2) is 9.36 Å². The number of carbonyl (C=O) groups is 1. The number of nitrogens with zero attached hydrogens (tertiary/aromatic N) is 6. The molecule has 1 aromatic carbocycles. The molecule has 4 heterocycles. The molecule has 11 nitrogen and oxygen atoms in total. The van der Waals surface area contributed by atoms with Gasteiger partial charge in [-0.15, -0.1) is 5.10 Å². The maximum absolute atomic E-state index is 12.8. The highest BCUT2D eigenvalue weighted by atomic mass is 16.4. The summed E-state index contributed by atoms with van der Waals surface area (Å²) in [7, 11) is 1.66. The van der Waals surface area contributed by atoms with Gasteiger partial charge in [-0.1, -0.05) is 17.2 Å². The molecule has 0 radical (unpaired) electrons. The highest BCUT2D eigenvalue weighted by molar-refractivity contribution is 5.92. The Labute approximate surface area is 177 Å². The Hall–Kier alpha value is -3.57. The van der Waals surface area contributed by atoms with Crippen molar-refractivity contribution in [3.8, 4) is 6.01 Å². The first-order valence-electron chi connectivity index (χ1n) is 10.1. The number of para-hydroxylation sites is 2. The maximum Gasteiger partial charge on any atom is 0.337 e. The molecule has 1 saturated heterocycles. The van der Waals surface area contributed by atoms with Crippen LogP contribution in [0.4, 0.5) is 0 Å². The Morgan fingerprint density at radius 3 is 2.77 bits per heavy atom. The molecule has 11 heteroatoms. The summed E-state index contributed by atoms with van der Waals surface area (Å²) < 4.78 is 8.37. The van der Waals surface area contributed by atoms with Crippen LogP contribution in [0.25, 0.3) is 17.0 Å². The lowest BCUT2D eigenvalue weighted by Gasteiger charge is -2.37. The summed E-state index contributed by atoms with van der Waals surface area (Å²) in [5, 5.41) is 14.0. The molecule has 5 rings (SSSR count). The number of amides is 1. The van der Waals surface area contributed by atoms with Crippen molar-refractivity contribution in [2.75, 3.05) is 26.2 Å². The smallest absolute Gasteiger partial charge is 0.337 e. The van der Waals surface area contributed by atoms with E-state index in [1.165, 1.54) is 9.13 Å². The minimum Gasteiger partial charge on any atom is -0.398 e. The fraction of sp³-hybridized carbons (Fsp3) is 0.350. The number of nitrogens with one attached hydrogen (secondary N) is 2. The SMILES string of the molecule is Cn1c(=O)n(-c2nnc(C(=O)NC3C=NC=CC3N3CCNCC3)o2)c2ccccc21. The molecule has 0 bridgehead atoms. The van der Waals surface area contributed by atoms with Crippen molar-refractivity contribution in [2.24, 2.45) is 12.0 Å². The number of hydrogen-bond donors (Lipinski definition) is 2. The predicted octanol–water partition coefficient (Wildman–Crippen LogP) is -0.317. The standard InChI is InChI=1S/C20H22N8O3/c1-26-15-4-2-3-5-16(15)28(20(26)30)19-25-24-18(31-19)17(29)23-13-12-22-7-6-14(13)27-10-8-21-9-11-27/h2-7,12-14,21H,8-11H2,1H3,(H,23,29). The summed E-state index contributed by atoms with van der Waals surface area (Å²) in [5.41, 5.74) is 1.01. The van der Waals surface area contributed by atoms with Crippen LogP contribution in [-0.4, -0.2) is 74.6 Å². The van der Waals surface area contributed by atoms with Crippen LogP contribution >= 0.6 is 0 Å². The number of imidazole rings is 1. The topological polar surface area (TPSA) is 123 Å². The molecule has 2 aliphatic rings. The molecule has 2 aliphatic heterocycles. The van der Waals surface area contributed by atoms with Crippen LogP contribution in [0.15, 0.2) is 50.7 Å². The zero-order valence-electron chi connectivity index (χ0n) is 16.9. The van der Waals surface area contributed by atoms with E-state index in [-0.39, 0.29) is 29.7 Å². The molecular formula is C20H22N8O3. The van der Waals surface area contributed by atoms with Crippen molar-refractivity contribution in [3.05, 3.63) is 52.9 Å². The molecule has 2 N–H and O–H groups in total. The van der Waals surface area contributed by atoms with E-state index < -0.39 is 5.91 Å². The van der Waals surface area contributed by atoms with Crippen LogP contribution in [0.1, 0.15) is 10.7 Å². The van der Waals surface area contributed by atoms with Crippen LogP contribution in [0.3, 0.4) is 0 Å². The lowest BCUT2D eigenvalue weighted by molar-refractivity contribution is 0.0889. The van der Waals surface area contributed by atoms with E-state index >= 15 is 0 Å². The zero-order valence-corrected chi connectivity index (χ0v) is 16.9. The molecule has 2 atom stereocenters. The third kappa shape index (κ3) is 3.47. The Bertz CT molecular complexity index is 1230. The van der Waals surface area contributed by atoms with Crippen LogP contribution in [0.2, 0.25) is 0 Å². The second kappa shape index (κ2) is 7.93. The average molecular weight is 422 g/mol. The van der Waals surface area contributed by atoms with E-state index in [0.29, 0.717) is 5.52 Å². The zero-order chi connectivity index (χ0) is 21.4. The van der Waals surface area contributed by atoms with Gasteiger partial charge in [-0.05, 0) is 18.2 Å². The first-order valence-corrected chi connectivity index (χ1v) is 10.1. The summed E-state index contributed by atoms with van der Waals surface area (Å²) in [6.45, 7) is 3.55. The molecular weight excluding hydrogens is 400 g/mol. The summed E-state index contributed by atoms with van der Waals surface area (Å²) in [6, 6.07) is 6.87. The quantitative estimate of drug-likeness (QED) is 0.591. The van der Waals surface area contributed by atoms with Crippen molar-refractivity contribution in [3.63, 3.8) is 0 Å². The van der Waals surface area contributed by atoms with Gasteiger partial charge in [-0.2, -0.15) is 0 Å². The highest BCUT2D eigenvalue weighted by Gasteiger charge is 2.30. The Kier molecular flexibility index (Phi) is 4.96. The van der Waals surface area contributed by atoms with Gasteiger partial charge < -0.3 is 15.1 Å². The summed E-state index contributed by atoms with van der Waals surface area (Å²) >= 11 is 0. The van der Waals surface area contributed by atoms with Gasteiger partial charge in [0, 0.05) is 45.6 Å². The maximum atomic E-state index is 12.8. The van der Waals surface area contributed by atoms with Crippen LogP contribution in [0, 0.1) is 0 Å².